The van der Waals surface area contributed by atoms with E-state index in [1.54, 1.807) is 11.9 Å². The summed E-state index contributed by atoms with van der Waals surface area (Å²) in [7, 11) is -1.84. The maximum Gasteiger partial charge on any atom is 0.282 e. The zero-order chi connectivity index (χ0) is 16.4. The first-order valence-corrected chi connectivity index (χ1v) is 9.44. The molecule has 1 saturated heterocycles. The monoisotopic (exact) mass is 337 g/mol. The molecule has 1 fully saturated rings. The van der Waals surface area contributed by atoms with E-state index >= 15 is 0 Å². The fourth-order valence-corrected chi connectivity index (χ4v) is 5.02. The second kappa shape index (κ2) is 6.59. The van der Waals surface area contributed by atoms with Gasteiger partial charge in [-0.25, -0.2) is 0 Å². The average molecular weight is 337 g/mol. The largest absolute Gasteiger partial charge is 0.343 e. The second-order valence-corrected chi connectivity index (χ2v) is 8.16. The van der Waals surface area contributed by atoms with Crippen LogP contribution in [0.4, 0.5) is 0 Å². The molecule has 126 valence electrons. The first-order valence-electron chi connectivity index (χ1n) is 8.04. The first-order chi connectivity index (χ1) is 11.0. The van der Waals surface area contributed by atoms with E-state index in [1.807, 2.05) is 18.2 Å². The van der Waals surface area contributed by atoms with Crippen LogP contribution in [0.3, 0.4) is 0 Å². The number of carbonyl (C=O) groups is 1. The molecule has 2 aliphatic rings. The molecule has 0 N–H and O–H groups in total. The first kappa shape index (κ1) is 16.4. The van der Waals surface area contributed by atoms with E-state index in [4.69, 9.17) is 0 Å². The van der Waals surface area contributed by atoms with Crippen LogP contribution >= 0.6 is 0 Å². The third-order valence-electron chi connectivity index (χ3n) is 4.89. The van der Waals surface area contributed by atoms with Gasteiger partial charge in [0.1, 0.15) is 0 Å². The molecular formula is C16H23N3O3S. The number of hydrogen-bond donors (Lipinski definition) is 0. The van der Waals surface area contributed by atoms with Crippen molar-refractivity contribution >= 4 is 16.6 Å². The molecule has 1 aliphatic carbocycles. The van der Waals surface area contributed by atoms with Gasteiger partial charge in [-0.15, -0.1) is 0 Å². The molecule has 1 aromatic rings. The highest BCUT2D eigenvalue weighted by molar-refractivity contribution is 7.86. The lowest BCUT2D eigenvalue weighted by Crippen LogP contribution is -2.52. The molecule has 0 saturated carbocycles. The van der Waals surface area contributed by atoms with Crippen LogP contribution in [0.5, 0.6) is 0 Å². The fourth-order valence-electron chi connectivity index (χ4n) is 3.49. The summed E-state index contributed by atoms with van der Waals surface area (Å²) < 4.78 is 28.9. The van der Waals surface area contributed by atoms with Gasteiger partial charge in [-0.3, -0.25) is 4.79 Å². The Hall–Kier alpha value is -1.44. The van der Waals surface area contributed by atoms with E-state index in [1.165, 1.54) is 14.2 Å². The van der Waals surface area contributed by atoms with Gasteiger partial charge in [0.2, 0.25) is 6.41 Å². The van der Waals surface area contributed by atoms with Crippen LogP contribution in [0.2, 0.25) is 0 Å². The lowest BCUT2D eigenvalue weighted by atomic mass is 9.88. The Bertz CT molecular complexity index is 669. The molecule has 1 atom stereocenters. The zero-order valence-corrected chi connectivity index (χ0v) is 14.2. The molecule has 0 aromatic heterocycles. The third kappa shape index (κ3) is 3.13. The number of rotatable bonds is 4. The van der Waals surface area contributed by atoms with Gasteiger partial charge in [0.05, 0.1) is 6.04 Å². The normalized spacial score (nSPS) is 22.9. The molecule has 0 radical (unpaired) electrons. The molecule has 6 nitrogen and oxygen atoms in total. The van der Waals surface area contributed by atoms with Gasteiger partial charge < -0.3 is 4.90 Å². The molecule has 1 aliphatic heterocycles. The number of piperazine rings is 1. The van der Waals surface area contributed by atoms with Crippen molar-refractivity contribution in [3.05, 3.63) is 35.4 Å². The summed E-state index contributed by atoms with van der Waals surface area (Å²) in [6.45, 7) is 1.63. The zero-order valence-electron chi connectivity index (χ0n) is 13.4. The molecule has 1 aromatic carbocycles. The van der Waals surface area contributed by atoms with Gasteiger partial charge in [-0.05, 0) is 30.4 Å². The van der Waals surface area contributed by atoms with E-state index in [9.17, 15) is 13.2 Å². The number of amides is 1. The Morgan fingerprint density at radius 3 is 2.57 bits per heavy atom. The molecule has 1 amide bonds. The molecule has 1 unspecified atom stereocenters. The highest BCUT2D eigenvalue weighted by Gasteiger charge is 2.36. The number of nitrogens with zero attached hydrogens (tertiary/aromatic N) is 3. The van der Waals surface area contributed by atoms with E-state index in [-0.39, 0.29) is 6.04 Å². The van der Waals surface area contributed by atoms with Crippen LogP contribution in [-0.2, 0) is 21.4 Å². The lowest BCUT2D eigenvalue weighted by molar-refractivity contribution is -0.119. The highest BCUT2D eigenvalue weighted by Crippen LogP contribution is 2.35. The minimum absolute atomic E-state index is 0.103. The molecule has 0 spiro atoms. The standard InChI is InChI=1S/C16H23N3O3S/c1-17(16-8-4-6-14-5-2-3-7-15(14)16)23(21,22)19-11-9-18(13-20)10-12-19/h2-3,5,7,13,16H,4,6,8-12H2,1H3. The summed E-state index contributed by atoms with van der Waals surface area (Å²) >= 11 is 0. The van der Waals surface area contributed by atoms with Gasteiger partial charge in [-0.2, -0.15) is 17.0 Å². The summed E-state index contributed by atoms with van der Waals surface area (Å²) in [5, 5.41) is 0. The number of aryl methyl sites for hydroxylation is 1. The number of benzene rings is 1. The molecule has 0 bridgehead atoms. The van der Waals surface area contributed by atoms with Crippen LogP contribution in [0, 0.1) is 0 Å². The summed E-state index contributed by atoms with van der Waals surface area (Å²) in [4.78, 5) is 12.4. The van der Waals surface area contributed by atoms with E-state index < -0.39 is 10.2 Å². The third-order valence-corrected chi connectivity index (χ3v) is 6.89. The summed E-state index contributed by atoms with van der Waals surface area (Å²) in [6.07, 6.45) is 3.64. The Labute approximate surface area is 137 Å². The van der Waals surface area contributed by atoms with Crippen molar-refractivity contribution in [3.8, 4) is 0 Å². The second-order valence-electron chi connectivity index (χ2n) is 6.17. The van der Waals surface area contributed by atoms with Crippen LogP contribution in [0.15, 0.2) is 24.3 Å². The number of fused-ring (bicyclic) bond motifs is 1. The molecule has 1 heterocycles. The Balaban J connectivity index is 1.80. The SMILES string of the molecule is CN(C1CCCc2ccccc21)S(=O)(=O)N1CCN(C=O)CC1. The molecule has 3 rings (SSSR count). The van der Waals surface area contributed by atoms with E-state index in [0.29, 0.717) is 26.2 Å². The highest BCUT2D eigenvalue weighted by atomic mass is 32.2. The smallest absolute Gasteiger partial charge is 0.282 e. The molecule has 23 heavy (non-hydrogen) atoms. The predicted molar refractivity (Wildman–Crippen MR) is 88.0 cm³/mol. The summed E-state index contributed by atoms with van der Waals surface area (Å²) in [6, 6.07) is 8.00. The van der Waals surface area contributed by atoms with Crippen molar-refractivity contribution in [1.82, 2.24) is 13.5 Å². The quantitative estimate of drug-likeness (QED) is 0.771. The molecule has 7 heteroatoms. The lowest BCUT2D eigenvalue weighted by Gasteiger charge is -2.38. The van der Waals surface area contributed by atoms with Gasteiger partial charge in [0.25, 0.3) is 10.2 Å². The average Bonchev–Trinajstić information content (AvgIpc) is 2.60. The number of carbonyl (C=O) groups excluding carboxylic acids is 1. The van der Waals surface area contributed by atoms with Crippen molar-refractivity contribution in [2.75, 3.05) is 33.2 Å². The van der Waals surface area contributed by atoms with E-state index in [0.717, 1.165) is 31.2 Å². The van der Waals surface area contributed by atoms with Crippen molar-refractivity contribution in [1.29, 1.82) is 0 Å². The Morgan fingerprint density at radius 1 is 1.17 bits per heavy atom. The maximum absolute atomic E-state index is 12.9. The Morgan fingerprint density at radius 2 is 1.87 bits per heavy atom. The van der Waals surface area contributed by atoms with Crippen molar-refractivity contribution in [3.63, 3.8) is 0 Å². The van der Waals surface area contributed by atoms with Gasteiger partial charge in [-0.1, -0.05) is 24.3 Å². The van der Waals surface area contributed by atoms with Crippen LogP contribution in [-0.4, -0.2) is 61.6 Å². The predicted octanol–water partition coefficient (Wildman–Crippen LogP) is 1.01. The van der Waals surface area contributed by atoms with Crippen LogP contribution in [0.25, 0.3) is 0 Å². The van der Waals surface area contributed by atoms with Crippen molar-refractivity contribution in [2.24, 2.45) is 0 Å². The van der Waals surface area contributed by atoms with Gasteiger partial charge in [0, 0.05) is 33.2 Å². The van der Waals surface area contributed by atoms with Crippen molar-refractivity contribution < 1.29 is 13.2 Å². The van der Waals surface area contributed by atoms with Crippen LogP contribution < -0.4 is 0 Å². The van der Waals surface area contributed by atoms with E-state index in [2.05, 4.69) is 6.07 Å². The summed E-state index contributed by atoms with van der Waals surface area (Å²) in [5.41, 5.74) is 2.37. The topological polar surface area (TPSA) is 60.9 Å². The fraction of sp³-hybridized carbons (Fsp3) is 0.562. The minimum atomic E-state index is -3.51. The van der Waals surface area contributed by atoms with Gasteiger partial charge in [0.15, 0.2) is 0 Å². The Kier molecular flexibility index (Phi) is 4.70. The van der Waals surface area contributed by atoms with Crippen LogP contribution in [0.1, 0.15) is 30.0 Å². The maximum atomic E-state index is 12.9. The number of hydrogen-bond acceptors (Lipinski definition) is 3. The van der Waals surface area contributed by atoms with Gasteiger partial charge >= 0.3 is 0 Å². The van der Waals surface area contributed by atoms with Crippen molar-refractivity contribution in [2.45, 2.75) is 25.3 Å². The minimum Gasteiger partial charge on any atom is -0.343 e. The summed E-state index contributed by atoms with van der Waals surface area (Å²) in [5.74, 6) is 0. The molecular weight excluding hydrogens is 314 g/mol.